The maximum atomic E-state index is 12.2. The van der Waals surface area contributed by atoms with E-state index in [0.717, 1.165) is 11.8 Å². The average Bonchev–Trinajstić information content (AvgIpc) is 2.46. The fourth-order valence-corrected chi connectivity index (χ4v) is 3.18. The second kappa shape index (κ2) is 5.71. The SMILES string of the molecule is O=S(=O)(CC=CO)c1ccccc1-c1ccccc1. The maximum absolute atomic E-state index is 12.2. The lowest BCUT2D eigenvalue weighted by Crippen LogP contribution is -2.06. The van der Waals surface area contributed by atoms with E-state index in [2.05, 4.69) is 0 Å². The van der Waals surface area contributed by atoms with E-state index in [9.17, 15) is 8.42 Å². The lowest BCUT2D eigenvalue weighted by atomic mass is 10.1. The monoisotopic (exact) mass is 274 g/mol. The van der Waals surface area contributed by atoms with Crippen molar-refractivity contribution >= 4 is 9.84 Å². The summed E-state index contributed by atoms with van der Waals surface area (Å²) in [6.45, 7) is 0. The van der Waals surface area contributed by atoms with Gasteiger partial charge >= 0.3 is 0 Å². The van der Waals surface area contributed by atoms with Gasteiger partial charge in [-0.1, -0.05) is 48.5 Å². The average molecular weight is 274 g/mol. The van der Waals surface area contributed by atoms with E-state index >= 15 is 0 Å². The van der Waals surface area contributed by atoms with Gasteiger partial charge in [-0.25, -0.2) is 8.42 Å². The van der Waals surface area contributed by atoms with Gasteiger partial charge in [-0.3, -0.25) is 0 Å². The van der Waals surface area contributed by atoms with Crippen molar-refractivity contribution in [1.29, 1.82) is 0 Å². The van der Waals surface area contributed by atoms with Crippen LogP contribution in [0, 0.1) is 0 Å². The fraction of sp³-hybridized carbons (Fsp3) is 0.0667. The van der Waals surface area contributed by atoms with Crippen molar-refractivity contribution in [2.24, 2.45) is 0 Å². The van der Waals surface area contributed by atoms with Crippen LogP contribution in [0.5, 0.6) is 0 Å². The van der Waals surface area contributed by atoms with Crippen molar-refractivity contribution in [3.63, 3.8) is 0 Å². The highest BCUT2D eigenvalue weighted by Gasteiger charge is 2.17. The second-order valence-electron chi connectivity index (χ2n) is 4.03. The summed E-state index contributed by atoms with van der Waals surface area (Å²) in [6.07, 6.45) is 1.97. The molecule has 0 radical (unpaired) electrons. The third-order valence-corrected chi connectivity index (χ3v) is 4.39. The van der Waals surface area contributed by atoms with Crippen molar-refractivity contribution in [3.8, 4) is 11.1 Å². The molecule has 0 amide bonds. The third kappa shape index (κ3) is 3.03. The summed E-state index contributed by atoms with van der Waals surface area (Å²) < 4.78 is 24.4. The third-order valence-electron chi connectivity index (χ3n) is 2.73. The van der Waals surface area contributed by atoms with Crippen molar-refractivity contribution < 1.29 is 13.5 Å². The van der Waals surface area contributed by atoms with Crippen LogP contribution >= 0.6 is 0 Å². The molecule has 2 rings (SSSR count). The van der Waals surface area contributed by atoms with Crippen LogP contribution in [0.25, 0.3) is 11.1 Å². The van der Waals surface area contributed by atoms with Gasteiger partial charge in [0.25, 0.3) is 0 Å². The second-order valence-corrected chi connectivity index (χ2v) is 6.03. The fourth-order valence-electron chi connectivity index (χ4n) is 1.85. The van der Waals surface area contributed by atoms with Crippen LogP contribution in [0.2, 0.25) is 0 Å². The molecule has 0 aromatic heterocycles. The molecule has 0 heterocycles. The molecule has 0 aliphatic heterocycles. The van der Waals surface area contributed by atoms with E-state index in [0.29, 0.717) is 5.56 Å². The molecule has 19 heavy (non-hydrogen) atoms. The number of aliphatic hydroxyl groups excluding tert-OH is 1. The molecular formula is C15H14O3S. The first-order valence-electron chi connectivity index (χ1n) is 5.81. The Balaban J connectivity index is 2.54. The van der Waals surface area contributed by atoms with Gasteiger partial charge in [0, 0.05) is 5.56 Å². The van der Waals surface area contributed by atoms with Gasteiger partial charge in [0.1, 0.15) is 0 Å². The first kappa shape index (κ1) is 13.4. The Labute approximate surface area is 112 Å². The van der Waals surface area contributed by atoms with Crippen LogP contribution in [0.3, 0.4) is 0 Å². The van der Waals surface area contributed by atoms with Crippen LogP contribution in [-0.2, 0) is 9.84 Å². The minimum Gasteiger partial charge on any atom is -0.516 e. The molecule has 0 aliphatic rings. The standard InChI is InChI=1S/C15H14O3S/c16-11-6-12-19(17,18)15-10-5-4-9-14(15)13-7-2-1-3-8-13/h1-11,16H,12H2. The van der Waals surface area contributed by atoms with Crippen LogP contribution in [0.4, 0.5) is 0 Å². The molecular weight excluding hydrogens is 260 g/mol. The lowest BCUT2D eigenvalue weighted by Gasteiger charge is -2.09. The predicted molar refractivity (Wildman–Crippen MR) is 75.7 cm³/mol. The molecule has 1 N–H and O–H groups in total. The van der Waals surface area contributed by atoms with Crippen molar-refractivity contribution in [1.82, 2.24) is 0 Å². The summed E-state index contributed by atoms with van der Waals surface area (Å²) in [5, 5.41) is 8.62. The molecule has 0 atom stereocenters. The zero-order valence-electron chi connectivity index (χ0n) is 10.2. The largest absolute Gasteiger partial charge is 0.516 e. The summed E-state index contributed by atoms with van der Waals surface area (Å²) in [5.41, 5.74) is 1.53. The summed E-state index contributed by atoms with van der Waals surface area (Å²) in [7, 11) is -3.45. The lowest BCUT2D eigenvalue weighted by molar-refractivity contribution is 0.472. The number of rotatable bonds is 4. The van der Waals surface area contributed by atoms with Gasteiger partial charge < -0.3 is 5.11 Å². The van der Waals surface area contributed by atoms with E-state index in [-0.39, 0.29) is 10.6 Å². The Hall–Kier alpha value is -2.07. The van der Waals surface area contributed by atoms with Gasteiger partial charge in [-0.2, -0.15) is 0 Å². The van der Waals surface area contributed by atoms with Crippen LogP contribution in [0.1, 0.15) is 0 Å². The molecule has 2 aromatic rings. The number of benzene rings is 2. The Kier molecular flexibility index (Phi) is 4.02. The van der Waals surface area contributed by atoms with Crippen LogP contribution in [0.15, 0.2) is 71.8 Å². The molecule has 0 unspecified atom stereocenters. The molecule has 98 valence electrons. The number of hydrogen-bond donors (Lipinski definition) is 1. The Morgan fingerprint density at radius 1 is 0.947 bits per heavy atom. The smallest absolute Gasteiger partial charge is 0.182 e. The molecule has 0 saturated carbocycles. The first-order chi connectivity index (χ1) is 9.15. The number of sulfone groups is 1. The van der Waals surface area contributed by atoms with Crippen molar-refractivity contribution in [2.75, 3.05) is 5.75 Å². The predicted octanol–water partition coefficient (Wildman–Crippen LogP) is 3.20. The van der Waals surface area contributed by atoms with Crippen LogP contribution < -0.4 is 0 Å². The highest BCUT2D eigenvalue weighted by atomic mass is 32.2. The zero-order valence-corrected chi connectivity index (χ0v) is 11.0. The van der Waals surface area contributed by atoms with Crippen molar-refractivity contribution in [2.45, 2.75) is 4.90 Å². The topological polar surface area (TPSA) is 54.4 Å². The van der Waals surface area contributed by atoms with Crippen molar-refractivity contribution in [3.05, 3.63) is 66.9 Å². The molecule has 0 saturated heterocycles. The highest BCUT2D eigenvalue weighted by Crippen LogP contribution is 2.27. The summed E-state index contributed by atoms with van der Waals surface area (Å²) in [5.74, 6) is -0.215. The first-order valence-corrected chi connectivity index (χ1v) is 7.47. The zero-order chi connectivity index (χ0) is 13.7. The van der Waals surface area contributed by atoms with E-state index in [1.807, 2.05) is 36.4 Å². The number of hydrogen-bond acceptors (Lipinski definition) is 3. The summed E-state index contributed by atoms with van der Waals surface area (Å²) >= 11 is 0. The maximum Gasteiger partial charge on any atom is 0.182 e. The normalized spacial score (nSPS) is 11.8. The quantitative estimate of drug-likeness (QED) is 0.871. The molecule has 3 nitrogen and oxygen atoms in total. The Morgan fingerprint density at radius 3 is 2.26 bits per heavy atom. The van der Waals surface area contributed by atoms with Gasteiger partial charge in [-0.05, 0) is 17.7 Å². The van der Waals surface area contributed by atoms with E-state index in [4.69, 9.17) is 5.11 Å². The van der Waals surface area contributed by atoms with E-state index < -0.39 is 9.84 Å². The molecule has 0 aliphatic carbocycles. The summed E-state index contributed by atoms with van der Waals surface area (Å²) in [4.78, 5) is 0.277. The van der Waals surface area contributed by atoms with E-state index in [1.54, 1.807) is 18.2 Å². The van der Waals surface area contributed by atoms with E-state index in [1.165, 1.54) is 6.08 Å². The van der Waals surface area contributed by atoms with Crippen LogP contribution in [-0.4, -0.2) is 19.3 Å². The summed E-state index contributed by atoms with van der Waals surface area (Å²) in [6, 6.07) is 16.2. The molecule has 4 heteroatoms. The van der Waals surface area contributed by atoms with Gasteiger partial charge in [0.05, 0.1) is 16.9 Å². The molecule has 0 spiro atoms. The Bertz CT molecular complexity index is 674. The minimum absolute atomic E-state index is 0.215. The van der Waals surface area contributed by atoms with Gasteiger partial charge in [0.2, 0.25) is 0 Å². The Morgan fingerprint density at radius 2 is 1.58 bits per heavy atom. The van der Waals surface area contributed by atoms with Gasteiger partial charge in [-0.15, -0.1) is 0 Å². The molecule has 0 bridgehead atoms. The highest BCUT2D eigenvalue weighted by molar-refractivity contribution is 7.91. The molecule has 2 aromatic carbocycles. The van der Waals surface area contributed by atoms with Gasteiger partial charge in [0.15, 0.2) is 9.84 Å². The minimum atomic E-state index is -3.45. The number of aliphatic hydroxyl groups is 1. The molecule has 0 fully saturated rings.